The van der Waals surface area contributed by atoms with Crippen LogP contribution >= 0.6 is 0 Å². The topological polar surface area (TPSA) is 79.5 Å². The van der Waals surface area contributed by atoms with E-state index in [0.29, 0.717) is 5.76 Å². The van der Waals surface area contributed by atoms with Crippen LogP contribution in [0, 0.1) is 12.7 Å². The number of aryl methyl sites for hydroxylation is 1. The van der Waals surface area contributed by atoms with Gasteiger partial charge in [0.2, 0.25) is 0 Å². The van der Waals surface area contributed by atoms with Crippen molar-refractivity contribution in [1.82, 2.24) is 0 Å². The van der Waals surface area contributed by atoms with E-state index in [-0.39, 0.29) is 11.3 Å². The Morgan fingerprint density at radius 1 is 1.32 bits per heavy atom. The third-order valence-electron chi connectivity index (χ3n) is 2.58. The van der Waals surface area contributed by atoms with Crippen molar-refractivity contribution >= 4 is 17.6 Å². The fraction of sp³-hybridized carbons (Fsp3) is 0.0769. The van der Waals surface area contributed by atoms with Crippen LogP contribution in [0.3, 0.4) is 0 Å². The smallest absolute Gasteiger partial charge is 0.340 e. The molecule has 0 fully saturated rings. The molecule has 0 spiro atoms. The average molecular weight is 263 g/mol. The predicted molar refractivity (Wildman–Crippen MR) is 64.8 cm³/mol. The van der Waals surface area contributed by atoms with Gasteiger partial charge in [0.1, 0.15) is 17.1 Å². The van der Waals surface area contributed by atoms with E-state index in [9.17, 15) is 14.0 Å². The van der Waals surface area contributed by atoms with Crippen LogP contribution in [-0.4, -0.2) is 17.0 Å². The summed E-state index contributed by atoms with van der Waals surface area (Å²) in [6, 6.07) is 5.10. The zero-order chi connectivity index (χ0) is 14.0. The summed E-state index contributed by atoms with van der Waals surface area (Å²) in [7, 11) is 0. The number of hydrogen-bond donors (Lipinski definition) is 2. The fourth-order valence-electron chi connectivity index (χ4n) is 1.66. The van der Waals surface area contributed by atoms with Gasteiger partial charge < -0.3 is 14.8 Å². The molecule has 2 rings (SSSR count). The number of carbonyl (C=O) groups excluding carboxylic acids is 1. The molecule has 2 N–H and O–H groups in total. The van der Waals surface area contributed by atoms with Crippen molar-refractivity contribution in [2.24, 2.45) is 0 Å². The summed E-state index contributed by atoms with van der Waals surface area (Å²) in [5.41, 5.74) is -0.407. The van der Waals surface area contributed by atoms with E-state index in [1.54, 1.807) is 6.92 Å². The van der Waals surface area contributed by atoms with Crippen LogP contribution in [0.5, 0.6) is 0 Å². The first-order chi connectivity index (χ1) is 9.00. The van der Waals surface area contributed by atoms with Crippen LogP contribution < -0.4 is 5.32 Å². The van der Waals surface area contributed by atoms with E-state index in [1.165, 1.54) is 24.5 Å². The monoisotopic (exact) mass is 263 g/mol. The minimum Gasteiger partial charge on any atom is -0.478 e. The second kappa shape index (κ2) is 4.93. The van der Waals surface area contributed by atoms with Crippen LogP contribution in [-0.2, 0) is 0 Å². The molecule has 0 saturated carbocycles. The van der Waals surface area contributed by atoms with Gasteiger partial charge in [-0.25, -0.2) is 9.18 Å². The lowest BCUT2D eigenvalue weighted by molar-refractivity contribution is 0.0693. The van der Waals surface area contributed by atoms with Gasteiger partial charge in [-0.15, -0.1) is 0 Å². The third kappa shape index (κ3) is 2.47. The van der Waals surface area contributed by atoms with E-state index < -0.39 is 23.3 Å². The highest BCUT2D eigenvalue weighted by Crippen LogP contribution is 2.20. The van der Waals surface area contributed by atoms with E-state index in [1.807, 2.05) is 0 Å². The number of carbonyl (C=O) groups is 2. The Hall–Kier alpha value is -2.63. The van der Waals surface area contributed by atoms with Gasteiger partial charge in [-0.2, -0.15) is 0 Å². The lowest BCUT2D eigenvalue weighted by Crippen LogP contribution is -2.16. The van der Waals surface area contributed by atoms with Crippen LogP contribution in [0.25, 0.3) is 0 Å². The molecule has 0 bridgehead atoms. The summed E-state index contributed by atoms with van der Waals surface area (Å²) in [6.45, 7) is 1.60. The number of benzene rings is 1. The molecule has 1 heterocycles. The number of halogens is 1. The molecule has 2 aromatic rings. The molecule has 1 aromatic heterocycles. The van der Waals surface area contributed by atoms with Gasteiger partial charge in [-0.05, 0) is 25.1 Å². The number of carboxylic acids is 1. The maximum atomic E-state index is 13.4. The van der Waals surface area contributed by atoms with Crippen molar-refractivity contribution < 1.29 is 23.5 Å². The number of amides is 1. The highest BCUT2D eigenvalue weighted by molar-refractivity contribution is 6.08. The summed E-state index contributed by atoms with van der Waals surface area (Å²) in [5.74, 6) is -2.52. The Bertz CT molecular complexity index is 648. The largest absolute Gasteiger partial charge is 0.478 e. The van der Waals surface area contributed by atoms with Crippen LogP contribution in [0.15, 0.2) is 34.9 Å². The average Bonchev–Trinajstić information content (AvgIpc) is 2.75. The van der Waals surface area contributed by atoms with Gasteiger partial charge in [-0.3, -0.25) is 4.79 Å². The first-order valence-corrected chi connectivity index (χ1v) is 5.38. The summed E-state index contributed by atoms with van der Waals surface area (Å²) < 4.78 is 18.4. The summed E-state index contributed by atoms with van der Waals surface area (Å²) in [5, 5.41) is 11.3. The van der Waals surface area contributed by atoms with Crippen molar-refractivity contribution in [3.8, 4) is 0 Å². The number of aromatic carboxylic acids is 1. The van der Waals surface area contributed by atoms with E-state index in [0.717, 1.165) is 6.07 Å². The Kier molecular flexibility index (Phi) is 3.33. The Morgan fingerprint density at radius 2 is 2.05 bits per heavy atom. The lowest BCUT2D eigenvalue weighted by atomic mass is 10.1. The molecule has 0 radical (unpaired) electrons. The van der Waals surface area contributed by atoms with Crippen LogP contribution in [0.2, 0.25) is 0 Å². The Morgan fingerprint density at radius 3 is 2.63 bits per heavy atom. The number of rotatable bonds is 3. The predicted octanol–water partition coefficient (Wildman–Crippen LogP) is 2.68. The van der Waals surface area contributed by atoms with Gasteiger partial charge in [0.05, 0.1) is 17.5 Å². The maximum absolute atomic E-state index is 13.4. The molecule has 0 unspecified atom stereocenters. The molecule has 0 aliphatic rings. The molecule has 98 valence electrons. The second-order valence-electron chi connectivity index (χ2n) is 3.81. The van der Waals surface area contributed by atoms with Crippen molar-refractivity contribution in [1.29, 1.82) is 0 Å². The van der Waals surface area contributed by atoms with Gasteiger partial charge in [0.25, 0.3) is 5.91 Å². The standard InChI is InChI=1S/C13H10FNO4/c1-7-8(5-6-19-7)12(16)15-10-4-2-3-9(14)11(10)13(17)18/h2-6H,1H3,(H,15,16)(H,17,18). The fourth-order valence-corrected chi connectivity index (χ4v) is 1.66. The number of carboxylic acid groups (broad SMARTS) is 1. The van der Waals surface area contributed by atoms with Gasteiger partial charge in [-0.1, -0.05) is 6.07 Å². The molecular weight excluding hydrogens is 253 g/mol. The lowest BCUT2D eigenvalue weighted by Gasteiger charge is -2.08. The molecule has 0 aliphatic heterocycles. The van der Waals surface area contributed by atoms with E-state index >= 15 is 0 Å². The van der Waals surface area contributed by atoms with Gasteiger partial charge in [0.15, 0.2) is 0 Å². The van der Waals surface area contributed by atoms with Crippen molar-refractivity contribution in [3.63, 3.8) is 0 Å². The molecule has 1 aromatic carbocycles. The first kappa shape index (κ1) is 12.8. The molecule has 5 nitrogen and oxygen atoms in total. The van der Waals surface area contributed by atoms with Crippen LogP contribution in [0.1, 0.15) is 26.5 Å². The molecular formula is C13H10FNO4. The minimum absolute atomic E-state index is 0.0990. The van der Waals surface area contributed by atoms with Crippen LogP contribution in [0.4, 0.5) is 10.1 Å². The van der Waals surface area contributed by atoms with Crippen molar-refractivity contribution in [2.45, 2.75) is 6.92 Å². The zero-order valence-electron chi connectivity index (χ0n) is 9.94. The Balaban J connectivity index is 2.35. The van der Waals surface area contributed by atoms with Crippen molar-refractivity contribution in [3.05, 3.63) is 53.2 Å². The molecule has 19 heavy (non-hydrogen) atoms. The van der Waals surface area contributed by atoms with E-state index in [2.05, 4.69) is 5.32 Å². The maximum Gasteiger partial charge on any atom is 0.340 e. The molecule has 6 heteroatoms. The molecule has 0 aliphatic carbocycles. The molecule has 0 atom stereocenters. The highest BCUT2D eigenvalue weighted by Gasteiger charge is 2.19. The Labute approximate surface area is 107 Å². The SMILES string of the molecule is Cc1occc1C(=O)Nc1cccc(F)c1C(=O)O. The number of hydrogen-bond acceptors (Lipinski definition) is 3. The second-order valence-corrected chi connectivity index (χ2v) is 3.81. The number of anilines is 1. The normalized spacial score (nSPS) is 10.2. The quantitative estimate of drug-likeness (QED) is 0.892. The van der Waals surface area contributed by atoms with E-state index in [4.69, 9.17) is 9.52 Å². The summed E-state index contributed by atoms with van der Waals surface area (Å²) in [4.78, 5) is 22.9. The van der Waals surface area contributed by atoms with Gasteiger partial charge in [0, 0.05) is 0 Å². The number of furan rings is 1. The third-order valence-corrected chi connectivity index (χ3v) is 2.58. The zero-order valence-corrected chi connectivity index (χ0v) is 9.94. The molecule has 1 amide bonds. The molecule has 0 saturated heterocycles. The highest BCUT2D eigenvalue weighted by atomic mass is 19.1. The number of nitrogens with one attached hydrogen (secondary N) is 1. The summed E-state index contributed by atoms with van der Waals surface area (Å²) in [6.07, 6.45) is 1.34. The first-order valence-electron chi connectivity index (χ1n) is 5.38. The van der Waals surface area contributed by atoms with Crippen molar-refractivity contribution in [2.75, 3.05) is 5.32 Å². The minimum atomic E-state index is -1.45. The van der Waals surface area contributed by atoms with Gasteiger partial charge >= 0.3 is 5.97 Å². The summed E-state index contributed by atoms with van der Waals surface area (Å²) >= 11 is 0.